The average Bonchev–Trinajstić information content (AvgIpc) is 3.78. The molecule has 0 bridgehead atoms. The Morgan fingerprint density at radius 3 is 2.15 bits per heavy atom. The molecule has 6 unspecified atom stereocenters. The van der Waals surface area contributed by atoms with E-state index in [1.165, 1.54) is 7.11 Å². The Kier molecular flexibility index (Phi) is 23.4. The van der Waals surface area contributed by atoms with Gasteiger partial charge in [-0.25, -0.2) is 10.9 Å². The number of aliphatic imine (C=N–C) groups is 1. The lowest BCUT2D eigenvalue weighted by Crippen LogP contribution is -2.54. The molecule has 2 aromatic rings. The molecule has 1 aliphatic rings. The van der Waals surface area contributed by atoms with Gasteiger partial charge in [0.15, 0.2) is 5.96 Å². The van der Waals surface area contributed by atoms with Gasteiger partial charge in [0, 0.05) is 81.1 Å². The molecular weight excluding hydrogens is 831 g/mol. The summed E-state index contributed by atoms with van der Waals surface area (Å²) in [7, 11) is 12.3. The van der Waals surface area contributed by atoms with E-state index in [-0.39, 0.29) is 48.9 Å². The van der Waals surface area contributed by atoms with Crippen LogP contribution in [0.1, 0.15) is 83.3 Å². The van der Waals surface area contributed by atoms with E-state index in [1.807, 2.05) is 87.4 Å². The number of amides is 5. The minimum atomic E-state index is -0.927. The molecular formula is C48H77N9O8. The number of likely N-dealkylation sites (N-methyl/N-ethyl adjacent to an activating group) is 1. The Bertz CT molecular complexity index is 1800. The van der Waals surface area contributed by atoms with E-state index >= 15 is 0 Å². The van der Waals surface area contributed by atoms with Crippen LogP contribution in [0.3, 0.4) is 0 Å². The number of rotatable bonds is 26. The van der Waals surface area contributed by atoms with Gasteiger partial charge in [0.05, 0.1) is 43.2 Å². The average molecular weight is 908 g/mol. The highest BCUT2D eigenvalue weighted by Crippen LogP contribution is 2.29. The highest BCUT2D eigenvalue weighted by molar-refractivity contribution is 5.97. The van der Waals surface area contributed by atoms with Crippen molar-refractivity contribution < 1.29 is 38.3 Å². The summed E-state index contributed by atoms with van der Waals surface area (Å²) in [5.74, 6) is 3.84. The minimum absolute atomic E-state index is 0.0149. The molecule has 0 radical (unpaired) electrons. The third-order valence-electron chi connectivity index (χ3n) is 12.3. The number of hydrogen-bond acceptors (Lipinski definition) is 10. The van der Waals surface area contributed by atoms with Gasteiger partial charge in [-0.2, -0.15) is 0 Å². The lowest BCUT2D eigenvalue weighted by molar-refractivity contribution is -0.145. The number of nitrogens with zero attached hydrogens (tertiary/aromatic N) is 5. The third kappa shape index (κ3) is 17.0. The van der Waals surface area contributed by atoms with Gasteiger partial charge in [-0.15, -0.1) is 0 Å². The smallest absolute Gasteiger partial charge is 0.247 e. The van der Waals surface area contributed by atoms with Gasteiger partial charge >= 0.3 is 0 Å². The van der Waals surface area contributed by atoms with Crippen LogP contribution in [-0.2, 0) is 51.2 Å². The van der Waals surface area contributed by atoms with E-state index in [1.54, 1.807) is 43.0 Å². The van der Waals surface area contributed by atoms with Crippen LogP contribution in [0.4, 0.5) is 5.69 Å². The molecule has 7 atom stereocenters. The maximum atomic E-state index is 14.3. The Morgan fingerprint density at radius 1 is 0.877 bits per heavy atom. The number of nitrogens with one attached hydrogen (secondary N) is 3. The summed E-state index contributed by atoms with van der Waals surface area (Å²) < 4.78 is 12.0. The van der Waals surface area contributed by atoms with Gasteiger partial charge in [0.2, 0.25) is 29.5 Å². The highest BCUT2D eigenvalue weighted by Gasteiger charge is 2.42. The number of guanidine groups is 1. The molecule has 1 saturated heterocycles. The number of likely N-dealkylation sites (tertiary alicyclic amines) is 1. The standard InChI is InChI=1S/C48H77N9O8/c1-11-33(2)44(56(8)43(60)32-51-48(54(4)5)55(6)7)40(63-9)30-42(59)57-27-18-21-39(57)45(64-10)34(3)46(61)53-38(29-35-19-14-12-15-20-35)47(62)52-37-25-23-36(24-26-37)31-50-41(58)22-16-13-17-28-65-49/h12,14-15,19-20,23-26,33-34,38-40,44-45H,11,13,16-18,21-22,27-32,49H2,1-10H3,(H,50,58)(H,52,62)(H,53,61)/t33?,34?,38-,39?,40?,44?,45?/m0/s1. The van der Waals surface area contributed by atoms with E-state index in [9.17, 15) is 24.0 Å². The molecule has 17 heteroatoms. The summed E-state index contributed by atoms with van der Waals surface area (Å²) in [6, 6.07) is 14.9. The van der Waals surface area contributed by atoms with Crippen LogP contribution in [-0.4, -0.2) is 155 Å². The summed E-state index contributed by atoms with van der Waals surface area (Å²) in [5, 5.41) is 8.88. The SMILES string of the molecule is CCC(C)C(C(CC(=O)N1CCCC1C(OC)C(C)C(=O)N[C@@H](Cc1ccccc1)C(=O)Nc1ccc(CNC(=O)CCCCCON)cc1)OC)N(C)C(=O)CN=C(N(C)C)N(C)C. The normalized spacial score (nSPS) is 16.3. The molecule has 362 valence electrons. The number of carbonyl (C=O) groups is 5. The van der Waals surface area contributed by atoms with Gasteiger partial charge in [-0.3, -0.25) is 24.0 Å². The molecule has 1 aliphatic heterocycles. The fourth-order valence-electron chi connectivity index (χ4n) is 8.49. The topological polar surface area (TPSA) is 200 Å². The van der Waals surface area contributed by atoms with Crippen molar-refractivity contribution in [2.75, 3.05) is 74.5 Å². The zero-order valence-electron chi connectivity index (χ0n) is 40.5. The predicted molar refractivity (Wildman–Crippen MR) is 253 cm³/mol. The largest absolute Gasteiger partial charge is 0.379 e. The fraction of sp³-hybridized carbons (Fsp3) is 0.625. The maximum Gasteiger partial charge on any atom is 0.247 e. The van der Waals surface area contributed by atoms with Gasteiger partial charge in [0.1, 0.15) is 12.6 Å². The highest BCUT2D eigenvalue weighted by atomic mass is 16.6. The number of benzene rings is 2. The van der Waals surface area contributed by atoms with Gasteiger partial charge in [-0.05, 0) is 54.9 Å². The van der Waals surface area contributed by atoms with Crippen molar-refractivity contribution in [1.29, 1.82) is 0 Å². The number of methoxy groups -OCH3 is 2. The molecule has 0 saturated carbocycles. The second-order valence-corrected chi connectivity index (χ2v) is 17.4. The van der Waals surface area contributed by atoms with Crippen molar-refractivity contribution in [2.24, 2.45) is 22.7 Å². The van der Waals surface area contributed by atoms with E-state index in [0.29, 0.717) is 44.2 Å². The predicted octanol–water partition coefficient (Wildman–Crippen LogP) is 3.82. The van der Waals surface area contributed by atoms with Gasteiger partial charge in [0.25, 0.3) is 0 Å². The Hall–Kier alpha value is -5.10. The Morgan fingerprint density at radius 2 is 1.55 bits per heavy atom. The number of carbonyl (C=O) groups excluding carboxylic acids is 5. The molecule has 5 amide bonds. The first kappa shape index (κ1) is 54.2. The van der Waals surface area contributed by atoms with Crippen molar-refractivity contribution in [3.05, 3.63) is 65.7 Å². The van der Waals surface area contributed by atoms with Crippen LogP contribution in [0.2, 0.25) is 0 Å². The lowest BCUT2D eigenvalue weighted by atomic mass is 9.90. The van der Waals surface area contributed by atoms with Crippen LogP contribution in [0, 0.1) is 11.8 Å². The molecule has 1 heterocycles. The molecule has 0 aliphatic carbocycles. The Balaban J connectivity index is 1.72. The summed E-state index contributed by atoms with van der Waals surface area (Å²) in [6.45, 7) is 7.11. The number of hydrogen-bond donors (Lipinski definition) is 4. The van der Waals surface area contributed by atoms with Crippen LogP contribution < -0.4 is 21.8 Å². The first-order valence-corrected chi connectivity index (χ1v) is 22.9. The number of unbranched alkanes of at least 4 members (excludes halogenated alkanes) is 2. The van der Waals surface area contributed by atoms with Gasteiger partial charge in [-0.1, -0.05) is 76.1 Å². The summed E-state index contributed by atoms with van der Waals surface area (Å²) in [4.78, 5) is 84.5. The monoisotopic (exact) mass is 908 g/mol. The van der Waals surface area contributed by atoms with Crippen molar-refractivity contribution in [2.45, 2.75) is 115 Å². The second-order valence-electron chi connectivity index (χ2n) is 17.4. The quantitative estimate of drug-likeness (QED) is 0.0463. The van der Waals surface area contributed by atoms with Crippen LogP contribution in [0.5, 0.6) is 0 Å². The number of nitrogens with two attached hydrogens (primary N) is 1. The number of anilines is 1. The molecule has 17 nitrogen and oxygen atoms in total. The van der Waals surface area contributed by atoms with Crippen LogP contribution in [0.15, 0.2) is 59.6 Å². The second kappa shape index (κ2) is 28.1. The maximum absolute atomic E-state index is 14.3. The first-order chi connectivity index (χ1) is 31.1. The summed E-state index contributed by atoms with van der Waals surface area (Å²) >= 11 is 0. The molecule has 1 fully saturated rings. The summed E-state index contributed by atoms with van der Waals surface area (Å²) in [5.41, 5.74) is 2.28. The van der Waals surface area contributed by atoms with Crippen LogP contribution in [0.25, 0.3) is 0 Å². The zero-order valence-corrected chi connectivity index (χ0v) is 40.5. The van der Waals surface area contributed by atoms with Gasteiger partial charge < -0.3 is 49.9 Å². The van der Waals surface area contributed by atoms with Crippen molar-refractivity contribution in [1.82, 2.24) is 30.2 Å². The van der Waals surface area contributed by atoms with E-state index in [2.05, 4.69) is 32.7 Å². The molecule has 0 aromatic heterocycles. The molecule has 65 heavy (non-hydrogen) atoms. The molecule has 5 N–H and O–H groups in total. The first-order valence-electron chi connectivity index (χ1n) is 22.9. The summed E-state index contributed by atoms with van der Waals surface area (Å²) in [6.07, 6.45) is 3.93. The van der Waals surface area contributed by atoms with E-state index in [0.717, 1.165) is 43.2 Å². The zero-order chi connectivity index (χ0) is 48.1. The van der Waals surface area contributed by atoms with Crippen molar-refractivity contribution in [3.63, 3.8) is 0 Å². The lowest BCUT2D eigenvalue weighted by Gasteiger charge is -2.39. The number of ether oxygens (including phenoxy) is 2. The van der Waals surface area contributed by atoms with Crippen LogP contribution >= 0.6 is 0 Å². The molecule has 2 aromatic carbocycles. The van der Waals surface area contributed by atoms with Crippen molar-refractivity contribution >= 4 is 41.2 Å². The van der Waals surface area contributed by atoms with E-state index < -0.39 is 42.2 Å². The van der Waals surface area contributed by atoms with Crippen molar-refractivity contribution in [3.8, 4) is 0 Å². The fourth-order valence-corrected chi connectivity index (χ4v) is 8.49. The van der Waals surface area contributed by atoms with E-state index in [4.69, 9.17) is 15.4 Å². The molecule has 3 rings (SSSR count). The molecule has 0 spiro atoms. The Labute approximate surface area is 387 Å². The minimum Gasteiger partial charge on any atom is -0.379 e. The third-order valence-corrected chi connectivity index (χ3v) is 12.3.